The quantitative estimate of drug-likeness (QED) is 0.630. The number of hydrogen-bond donors (Lipinski definition) is 2. The molecule has 0 aliphatic rings. The molecule has 0 fully saturated rings. The van der Waals surface area contributed by atoms with Crippen molar-refractivity contribution >= 4 is 11.8 Å². The molecule has 134 valence electrons. The van der Waals surface area contributed by atoms with Gasteiger partial charge < -0.3 is 10.4 Å². The van der Waals surface area contributed by atoms with Gasteiger partial charge >= 0.3 is 5.97 Å². The number of aromatic nitrogens is 2. The second-order valence-electron chi connectivity index (χ2n) is 5.74. The van der Waals surface area contributed by atoms with Crippen LogP contribution in [0.5, 0.6) is 0 Å². The third-order valence-corrected chi connectivity index (χ3v) is 3.92. The second kappa shape index (κ2) is 7.77. The number of carbonyl (C=O) groups is 1. The average Bonchev–Trinajstić information content (AvgIpc) is 3.03. The van der Waals surface area contributed by atoms with E-state index in [2.05, 4.69) is 10.4 Å². The highest BCUT2D eigenvalue weighted by Gasteiger charge is 2.19. The van der Waals surface area contributed by atoms with Crippen LogP contribution in [0.1, 0.15) is 22.3 Å². The summed E-state index contributed by atoms with van der Waals surface area (Å²) in [6.07, 6.45) is 2.71. The van der Waals surface area contributed by atoms with Crippen molar-refractivity contribution in [2.75, 3.05) is 11.9 Å². The lowest BCUT2D eigenvalue weighted by atomic mass is 10.1. The Morgan fingerprint density at radius 3 is 2.62 bits per heavy atom. The van der Waals surface area contributed by atoms with Gasteiger partial charge in [-0.15, -0.1) is 0 Å². The summed E-state index contributed by atoms with van der Waals surface area (Å²) in [4.78, 5) is 11.4. The van der Waals surface area contributed by atoms with Gasteiger partial charge in [0.1, 0.15) is 22.9 Å². The van der Waals surface area contributed by atoms with Crippen LogP contribution < -0.4 is 5.32 Å². The highest BCUT2D eigenvalue weighted by molar-refractivity contribution is 5.93. The van der Waals surface area contributed by atoms with Crippen molar-refractivity contribution in [2.24, 2.45) is 0 Å². The van der Waals surface area contributed by atoms with Gasteiger partial charge in [0.25, 0.3) is 0 Å². The van der Waals surface area contributed by atoms with E-state index >= 15 is 0 Å². The van der Waals surface area contributed by atoms with E-state index in [1.54, 1.807) is 0 Å². The molecule has 0 saturated heterocycles. The minimum absolute atomic E-state index is 0.0236. The summed E-state index contributed by atoms with van der Waals surface area (Å²) in [5.74, 6) is -2.55. The molecule has 0 aliphatic carbocycles. The second-order valence-corrected chi connectivity index (χ2v) is 5.74. The zero-order chi connectivity index (χ0) is 18.5. The number of rotatable bonds is 7. The van der Waals surface area contributed by atoms with Gasteiger partial charge in [-0.3, -0.25) is 0 Å². The monoisotopic (exact) mass is 357 g/mol. The number of nitrogens with zero attached hydrogens (tertiary/aromatic N) is 2. The van der Waals surface area contributed by atoms with Crippen molar-refractivity contribution in [3.63, 3.8) is 0 Å². The van der Waals surface area contributed by atoms with Gasteiger partial charge in [0.15, 0.2) is 5.82 Å². The van der Waals surface area contributed by atoms with Gasteiger partial charge in [0.05, 0.1) is 6.20 Å². The molecule has 0 aliphatic heterocycles. The third-order valence-electron chi connectivity index (χ3n) is 3.92. The third kappa shape index (κ3) is 3.88. The normalized spacial score (nSPS) is 10.7. The molecule has 0 bridgehead atoms. The number of aryl methyl sites for hydroxylation is 1. The van der Waals surface area contributed by atoms with E-state index in [1.807, 2.05) is 30.3 Å². The Morgan fingerprint density at radius 2 is 1.92 bits per heavy atom. The maximum absolute atomic E-state index is 14.1. The molecule has 0 atom stereocenters. The number of carboxylic acids is 1. The van der Waals surface area contributed by atoms with Crippen LogP contribution in [0.2, 0.25) is 0 Å². The Morgan fingerprint density at radius 1 is 1.15 bits per heavy atom. The summed E-state index contributed by atoms with van der Waals surface area (Å²) in [5.41, 5.74) is 1.07. The molecule has 0 unspecified atom stereocenters. The first-order valence-corrected chi connectivity index (χ1v) is 8.11. The molecule has 2 aromatic carbocycles. The summed E-state index contributed by atoms with van der Waals surface area (Å²) >= 11 is 0. The Balaban J connectivity index is 1.78. The van der Waals surface area contributed by atoms with E-state index < -0.39 is 17.6 Å². The van der Waals surface area contributed by atoms with Crippen molar-refractivity contribution in [1.29, 1.82) is 0 Å². The SMILES string of the molecule is O=C(O)c1cnn(-c2ccc(F)cc2F)c1NCCCc1ccccc1. The van der Waals surface area contributed by atoms with Crippen molar-refractivity contribution < 1.29 is 18.7 Å². The zero-order valence-electron chi connectivity index (χ0n) is 13.8. The summed E-state index contributed by atoms with van der Waals surface area (Å²) in [6, 6.07) is 12.9. The first kappa shape index (κ1) is 17.6. The van der Waals surface area contributed by atoms with Crippen LogP contribution in [0.25, 0.3) is 5.69 Å². The molecular weight excluding hydrogens is 340 g/mol. The van der Waals surface area contributed by atoms with E-state index in [9.17, 15) is 18.7 Å². The number of aromatic carboxylic acids is 1. The van der Waals surface area contributed by atoms with Crippen LogP contribution in [0.4, 0.5) is 14.6 Å². The number of nitrogens with one attached hydrogen (secondary N) is 1. The predicted octanol–water partition coefficient (Wildman–Crippen LogP) is 3.89. The molecule has 5 nitrogen and oxygen atoms in total. The van der Waals surface area contributed by atoms with Crippen LogP contribution in [0.15, 0.2) is 54.7 Å². The summed E-state index contributed by atoms with van der Waals surface area (Å²) < 4.78 is 28.3. The lowest BCUT2D eigenvalue weighted by molar-refractivity contribution is 0.0698. The summed E-state index contributed by atoms with van der Waals surface area (Å²) in [6.45, 7) is 0.476. The molecule has 7 heteroatoms. The van der Waals surface area contributed by atoms with Crippen LogP contribution in [0.3, 0.4) is 0 Å². The standard InChI is InChI=1S/C19H17F2N3O2/c20-14-8-9-17(16(21)11-14)24-18(15(12-23-24)19(25)26)22-10-4-7-13-5-2-1-3-6-13/h1-3,5-6,8-9,11-12,22H,4,7,10H2,(H,25,26). The van der Waals surface area contributed by atoms with Gasteiger partial charge in [-0.2, -0.15) is 5.10 Å². The van der Waals surface area contributed by atoms with Crippen LogP contribution in [0, 0.1) is 11.6 Å². The van der Waals surface area contributed by atoms with E-state index in [0.717, 1.165) is 35.9 Å². The fourth-order valence-electron chi connectivity index (χ4n) is 2.65. The molecular formula is C19H17F2N3O2. The van der Waals surface area contributed by atoms with Crippen LogP contribution in [-0.2, 0) is 6.42 Å². The highest BCUT2D eigenvalue weighted by Crippen LogP contribution is 2.23. The average molecular weight is 357 g/mol. The van der Waals surface area contributed by atoms with E-state index in [4.69, 9.17) is 0 Å². The molecule has 0 saturated carbocycles. The lowest BCUT2D eigenvalue weighted by Crippen LogP contribution is -2.12. The number of benzene rings is 2. The van der Waals surface area contributed by atoms with Crippen LogP contribution >= 0.6 is 0 Å². The Bertz CT molecular complexity index is 910. The molecule has 3 rings (SSSR count). The maximum atomic E-state index is 14.1. The summed E-state index contributed by atoms with van der Waals surface area (Å²) in [7, 11) is 0. The van der Waals surface area contributed by atoms with Gasteiger partial charge in [-0.05, 0) is 30.5 Å². The minimum Gasteiger partial charge on any atom is -0.477 e. The van der Waals surface area contributed by atoms with Crippen molar-refractivity contribution in [3.8, 4) is 5.69 Å². The fraction of sp³-hybridized carbons (Fsp3) is 0.158. The van der Waals surface area contributed by atoms with Gasteiger partial charge in [-0.1, -0.05) is 30.3 Å². The van der Waals surface area contributed by atoms with Crippen molar-refractivity contribution in [3.05, 3.63) is 77.5 Å². The topological polar surface area (TPSA) is 67.1 Å². The first-order valence-electron chi connectivity index (χ1n) is 8.11. The fourth-order valence-corrected chi connectivity index (χ4v) is 2.65. The van der Waals surface area contributed by atoms with E-state index in [-0.39, 0.29) is 17.1 Å². The molecule has 0 spiro atoms. The Labute approximate surface area is 148 Å². The number of halogens is 2. The lowest BCUT2D eigenvalue weighted by Gasteiger charge is -2.12. The summed E-state index contributed by atoms with van der Waals surface area (Å²) in [5, 5.41) is 16.3. The van der Waals surface area contributed by atoms with Gasteiger partial charge in [0.2, 0.25) is 0 Å². The molecule has 0 radical (unpaired) electrons. The predicted molar refractivity (Wildman–Crippen MR) is 93.7 cm³/mol. The van der Waals surface area contributed by atoms with E-state index in [1.165, 1.54) is 11.6 Å². The van der Waals surface area contributed by atoms with Crippen molar-refractivity contribution in [2.45, 2.75) is 12.8 Å². The highest BCUT2D eigenvalue weighted by atomic mass is 19.1. The number of carboxylic acid groups (broad SMARTS) is 1. The zero-order valence-corrected chi connectivity index (χ0v) is 13.8. The molecule has 0 amide bonds. The number of anilines is 1. The Hall–Kier alpha value is -3.22. The molecule has 1 aromatic heterocycles. The first-order chi connectivity index (χ1) is 12.6. The molecule has 2 N–H and O–H groups in total. The minimum atomic E-state index is -1.18. The molecule has 1 heterocycles. The Kier molecular flexibility index (Phi) is 5.26. The van der Waals surface area contributed by atoms with Gasteiger partial charge in [-0.25, -0.2) is 18.3 Å². The van der Waals surface area contributed by atoms with E-state index in [0.29, 0.717) is 6.54 Å². The molecule has 3 aromatic rings. The van der Waals surface area contributed by atoms with Gasteiger partial charge in [0, 0.05) is 12.6 Å². The maximum Gasteiger partial charge on any atom is 0.341 e. The van der Waals surface area contributed by atoms with Crippen molar-refractivity contribution in [1.82, 2.24) is 9.78 Å². The smallest absolute Gasteiger partial charge is 0.341 e. The number of hydrogen-bond acceptors (Lipinski definition) is 3. The molecule has 26 heavy (non-hydrogen) atoms. The van der Waals surface area contributed by atoms with Crippen LogP contribution in [-0.4, -0.2) is 27.4 Å². The largest absolute Gasteiger partial charge is 0.477 e.